The first kappa shape index (κ1) is 14.8. The molecule has 1 saturated heterocycles. The number of primary amides is 1. The Hall–Kier alpha value is -1.63. The van der Waals surface area contributed by atoms with Crippen molar-refractivity contribution in [2.45, 2.75) is 19.3 Å². The fourth-order valence-electron chi connectivity index (χ4n) is 2.65. The fourth-order valence-corrected chi connectivity index (χ4v) is 2.99. The normalized spacial score (nSPS) is 18.9. The Morgan fingerprint density at radius 2 is 2.30 bits per heavy atom. The maximum atomic E-state index is 11.2. The van der Waals surface area contributed by atoms with Gasteiger partial charge in [-0.1, -0.05) is 15.9 Å². The third-order valence-corrected chi connectivity index (χ3v) is 3.98. The number of carbonyl (C=O) groups is 1. The average Bonchev–Trinajstić information content (AvgIpc) is 2.38. The van der Waals surface area contributed by atoms with Crippen molar-refractivity contribution >= 4 is 33.2 Å². The molecule has 20 heavy (non-hydrogen) atoms. The molecule has 2 rings (SSSR count). The van der Waals surface area contributed by atoms with Crippen molar-refractivity contribution in [3.63, 3.8) is 0 Å². The first-order valence-corrected chi connectivity index (χ1v) is 7.24. The smallest absolute Gasteiger partial charge is 0.293 e. The van der Waals surface area contributed by atoms with Crippen LogP contribution in [0.2, 0.25) is 0 Å². The van der Waals surface area contributed by atoms with E-state index in [1.54, 1.807) is 12.1 Å². The molecule has 0 spiro atoms. The van der Waals surface area contributed by atoms with E-state index in [1.165, 1.54) is 6.07 Å². The van der Waals surface area contributed by atoms with Gasteiger partial charge in [-0.25, -0.2) is 0 Å². The van der Waals surface area contributed by atoms with Gasteiger partial charge < -0.3 is 10.6 Å². The van der Waals surface area contributed by atoms with Gasteiger partial charge in [0, 0.05) is 30.0 Å². The van der Waals surface area contributed by atoms with Gasteiger partial charge in [0.25, 0.3) is 5.69 Å². The number of nitro groups is 1. The van der Waals surface area contributed by atoms with E-state index in [1.807, 2.05) is 4.90 Å². The highest BCUT2D eigenvalue weighted by Crippen LogP contribution is 2.34. The third-order valence-electron chi connectivity index (χ3n) is 3.48. The summed E-state index contributed by atoms with van der Waals surface area (Å²) in [5.74, 6) is -0.147. The number of amides is 1. The SMILES string of the molecule is NC(=O)CC1CCCN(c2ccc(Br)cc2[N+](=O)[O-])C1. The lowest BCUT2D eigenvalue weighted by atomic mass is 9.94. The van der Waals surface area contributed by atoms with Crippen LogP contribution in [-0.4, -0.2) is 23.9 Å². The summed E-state index contributed by atoms with van der Waals surface area (Å²) in [6, 6.07) is 5.04. The molecule has 7 heteroatoms. The molecule has 1 aliphatic rings. The number of nitrogens with two attached hydrogens (primary N) is 1. The Bertz CT molecular complexity index is 536. The molecule has 1 atom stereocenters. The minimum Gasteiger partial charge on any atom is -0.370 e. The van der Waals surface area contributed by atoms with E-state index in [-0.39, 0.29) is 22.4 Å². The van der Waals surface area contributed by atoms with Crippen LogP contribution in [-0.2, 0) is 4.79 Å². The molecule has 0 radical (unpaired) electrons. The van der Waals surface area contributed by atoms with Gasteiger partial charge in [-0.3, -0.25) is 14.9 Å². The molecule has 6 nitrogen and oxygen atoms in total. The summed E-state index contributed by atoms with van der Waals surface area (Å²) in [7, 11) is 0. The number of hydrogen-bond acceptors (Lipinski definition) is 4. The number of piperidine rings is 1. The number of hydrogen-bond donors (Lipinski definition) is 1. The number of nitrogens with zero attached hydrogens (tertiary/aromatic N) is 2. The quantitative estimate of drug-likeness (QED) is 0.672. The molecule has 1 aromatic carbocycles. The van der Waals surface area contributed by atoms with Crippen molar-refractivity contribution in [2.24, 2.45) is 11.7 Å². The lowest BCUT2D eigenvalue weighted by Gasteiger charge is -2.33. The number of rotatable bonds is 4. The first-order chi connectivity index (χ1) is 9.47. The first-order valence-electron chi connectivity index (χ1n) is 6.44. The topological polar surface area (TPSA) is 89.5 Å². The molecule has 1 amide bonds. The van der Waals surface area contributed by atoms with Crippen LogP contribution in [0.1, 0.15) is 19.3 Å². The zero-order chi connectivity index (χ0) is 14.7. The molecule has 2 N–H and O–H groups in total. The second-order valence-corrected chi connectivity index (χ2v) is 5.93. The number of halogens is 1. The van der Waals surface area contributed by atoms with E-state index >= 15 is 0 Å². The van der Waals surface area contributed by atoms with Crippen LogP contribution in [0.25, 0.3) is 0 Å². The van der Waals surface area contributed by atoms with Crippen molar-refractivity contribution in [2.75, 3.05) is 18.0 Å². The van der Waals surface area contributed by atoms with E-state index in [2.05, 4.69) is 15.9 Å². The summed E-state index contributed by atoms with van der Waals surface area (Å²) in [6.45, 7) is 1.39. The highest BCUT2D eigenvalue weighted by Gasteiger charge is 2.26. The van der Waals surface area contributed by atoms with Gasteiger partial charge in [0.15, 0.2) is 0 Å². The Balaban J connectivity index is 2.22. The summed E-state index contributed by atoms with van der Waals surface area (Å²) < 4.78 is 0.679. The van der Waals surface area contributed by atoms with Gasteiger partial charge in [0.05, 0.1) is 4.92 Å². The molecule has 0 saturated carbocycles. The summed E-state index contributed by atoms with van der Waals surface area (Å²) in [6.07, 6.45) is 2.18. The van der Waals surface area contributed by atoms with Crippen molar-refractivity contribution in [1.29, 1.82) is 0 Å². The van der Waals surface area contributed by atoms with Gasteiger partial charge in [0.1, 0.15) is 5.69 Å². The second-order valence-electron chi connectivity index (χ2n) is 5.01. The van der Waals surface area contributed by atoms with Crippen LogP contribution < -0.4 is 10.6 Å². The Morgan fingerprint density at radius 1 is 1.55 bits per heavy atom. The van der Waals surface area contributed by atoms with Gasteiger partial charge in [-0.15, -0.1) is 0 Å². The van der Waals surface area contributed by atoms with E-state index in [0.29, 0.717) is 23.1 Å². The molecule has 1 aliphatic heterocycles. The number of carbonyl (C=O) groups excluding carboxylic acids is 1. The predicted octanol–water partition coefficient (Wildman–Crippen LogP) is 2.45. The van der Waals surface area contributed by atoms with E-state index in [4.69, 9.17) is 5.73 Å². The second kappa shape index (κ2) is 6.21. The molecule has 0 aliphatic carbocycles. The van der Waals surface area contributed by atoms with Crippen LogP contribution in [0, 0.1) is 16.0 Å². The highest BCUT2D eigenvalue weighted by molar-refractivity contribution is 9.10. The summed E-state index contributed by atoms with van der Waals surface area (Å²) in [5.41, 5.74) is 5.92. The van der Waals surface area contributed by atoms with Crippen molar-refractivity contribution in [1.82, 2.24) is 0 Å². The lowest BCUT2D eigenvalue weighted by Crippen LogP contribution is -2.37. The Morgan fingerprint density at radius 3 is 2.95 bits per heavy atom. The molecule has 108 valence electrons. The monoisotopic (exact) mass is 341 g/mol. The Labute approximate surface area is 125 Å². The molecule has 0 bridgehead atoms. The van der Waals surface area contributed by atoms with Crippen LogP contribution in [0.4, 0.5) is 11.4 Å². The summed E-state index contributed by atoms with van der Waals surface area (Å²) in [4.78, 5) is 23.8. The summed E-state index contributed by atoms with van der Waals surface area (Å²) >= 11 is 3.25. The van der Waals surface area contributed by atoms with Gasteiger partial charge in [-0.05, 0) is 30.9 Å². The molecular formula is C13H16BrN3O3. The maximum Gasteiger partial charge on any atom is 0.293 e. The number of nitro benzene ring substituents is 1. The standard InChI is InChI=1S/C13H16BrN3O3/c14-10-3-4-11(12(7-10)17(19)20)16-5-1-2-9(8-16)6-13(15)18/h3-4,7,9H,1-2,5-6,8H2,(H2,15,18). The Kier molecular flexibility index (Phi) is 4.59. The molecule has 1 aromatic rings. The molecular weight excluding hydrogens is 326 g/mol. The summed E-state index contributed by atoms with van der Waals surface area (Å²) in [5, 5.41) is 11.2. The minimum atomic E-state index is -0.377. The van der Waals surface area contributed by atoms with Gasteiger partial charge in [-0.2, -0.15) is 0 Å². The minimum absolute atomic E-state index is 0.0825. The van der Waals surface area contributed by atoms with Crippen LogP contribution in [0.3, 0.4) is 0 Å². The van der Waals surface area contributed by atoms with Crippen LogP contribution >= 0.6 is 15.9 Å². The highest BCUT2D eigenvalue weighted by atomic mass is 79.9. The van der Waals surface area contributed by atoms with Crippen molar-refractivity contribution in [3.05, 3.63) is 32.8 Å². The van der Waals surface area contributed by atoms with E-state index in [0.717, 1.165) is 19.4 Å². The molecule has 0 aromatic heterocycles. The van der Waals surface area contributed by atoms with E-state index < -0.39 is 0 Å². The van der Waals surface area contributed by atoms with Crippen molar-refractivity contribution in [3.8, 4) is 0 Å². The fraction of sp³-hybridized carbons (Fsp3) is 0.462. The third kappa shape index (κ3) is 3.47. The van der Waals surface area contributed by atoms with Crippen molar-refractivity contribution < 1.29 is 9.72 Å². The number of benzene rings is 1. The van der Waals surface area contributed by atoms with Gasteiger partial charge in [0.2, 0.25) is 5.91 Å². The largest absolute Gasteiger partial charge is 0.370 e. The maximum absolute atomic E-state index is 11.2. The molecule has 1 heterocycles. The molecule has 1 fully saturated rings. The van der Waals surface area contributed by atoms with E-state index in [9.17, 15) is 14.9 Å². The van der Waals surface area contributed by atoms with Crippen LogP contribution in [0.15, 0.2) is 22.7 Å². The van der Waals surface area contributed by atoms with Crippen LogP contribution in [0.5, 0.6) is 0 Å². The average molecular weight is 342 g/mol. The van der Waals surface area contributed by atoms with Gasteiger partial charge >= 0.3 is 0 Å². The molecule has 1 unspecified atom stereocenters. The predicted molar refractivity (Wildman–Crippen MR) is 79.5 cm³/mol. The lowest BCUT2D eigenvalue weighted by molar-refractivity contribution is -0.384. The number of anilines is 1. The zero-order valence-corrected chi connectivity index (χ0v) is 12.5. The zero-order valence-electron chi connectivity index (χ0n) is 10.9.